The van der Waals surface area contributed by atoms with Gasteiger partial charge in [-0.3, -0.25) is 0 Å². The van der Waals surface area contributed by atoms with Crippen LogP contribution in [0.15, 0.2) is 48.5 Å². The third-order valence-corrected chi connectivity index (χ3v) is 3.76. The van der Waals surface area contributed by atoms with Crippen molar-refractivity contribution in [1.29, 1.82) is 0 Å². The lowest BCUT2D eigenvalue weighted by Crippen LogP contribution is -2.06. The van der Waals surface area contributed by atoms with Crippen LogP contribution in [0.4, 0.5) is 13.2 Å². The molecule has 1 N–H and O–H groups in total. The topological polar surface area (TPSA) is 51.3 Å². The van der Waals surface area contributed by atoms with Crippen LogP contribution in [0.5, 0.6) is 5.75 Å². The first kappa shape index (κ1) is 17.8. The fraction of sp³-hybridized carbons (Fsp3) is 0.211. The van der Waals surface area contributed by atoms with E-state index in [0.29, 0.717) is 0 Å². The number of hydrogen-bond acceptors (Lipinski definition) is 3. The largest absolute Gasteiger partial charge is 0.489 e. The second-order valence-corrected chi connectivity index (χ2v) is 5.61. The fourth-order valence-corrected chi connectivity index (χ4v) is 2.59. The Bertz CT molecular complexity index is 917. The lowest BCUT2D eigenvalue weighted by atomic mass is 10.1. The molecular weight excluding hydrogens is 347 g/mol. The maximum absolute atomic E-state index is 13.4. The molecule has 0 atom stereocenters. The van der Waals surface area contributed by atoms with Crippen LogP contribution in [-0.2, 0) is 17.5 Å². The zero-order chi connectivity index (χ0) is 18.7. The quantitative estimate of drug-likeness (QED) is 0.653. The number of nitrogens with one attached hydrogen (secondary N) is 1. The first-order chi connectivity index (χ1) is 12.4. The van der Waals surface area contributed by atoms with E-state index in [4.69, 9.17) is 9.47 Å². The molecule has 1 heterocycles. The van der Waals surface area contributed by atoms with E-state index < -0.39 is 17.7 Å². The highest BCUT2D eigenvalue weighted by atomic mass is 19.4. The number of rotatable bonds is 5. The number of alkyl halides is 3. The molecule has 4 nitrogen and oxygen atoms in total. The number of esters is 1. The Morgan fingerprint density at radius 3 is 2.50 bits per heavy atom. The molecule has 0 saturated carbocycles. The zero-order valence-electron chi connectivity index (χ0n) is 13.9. The fourth-order valence-electron chi connectivity index (χ4n) is 2.59. The molecule has 26 heavy (non-hydrogen) atoms. The summed E-state index contributed by atoms with van der Waals surface area (Å²) in [5, 5.41) is -0.104. The van der Waals surface area contributed by atoms with Gasteiger partial charge in [0.2, 0.25) is 0 Å². The summed E-state index contributed by atoms with van der Waals surface area (Å²) in [4.78, 5) is 14.5. The molecule has 0 fully saturated rings. The molecule has 0 aliphatic rings. The van der Waals surface area contributed by atoms with E-state index in [1.165, 1.54) is 6.07 Å². The molecule has 3 rings (SSSR count). The SMILES string of the molecule is CCOC(=O)c1cc2c(C(F)(F)F)cc(OCc3ccccc3)cc2[nH]1. The Morgan fingerprint density at radius 2 is 1.85 bits per heavy atom. The molecule has 0 spiro atoms. The molecule has 0 aliphatic carbocycles. The standard InChI is InChI=1S/C19H16F3NO3/c1-2-25-18(24)17-10-14-15(19(20,21)22)8-13(9-16(14)23-17)26-11-12-6-4-3-5-7-12/h3-10,23H,2,11H2,1H3. The molecule has 0 saturated heterocycles. The number of carbonyl (C=O) groups excluding carboxylic acids is 1. The van der Waals surface area contributed by atoms with Crippen LogP contribution in [-0.4, -0.2) is 17.6 Å². The minimum absolute atomic E-state index is 0.0347. The molecule has 0 aliphatic heterocycles. The molecule has 136 valence electrons. The smallest absolute Gasteiger partial charge is 0.417 e. The third kappa shape index (κ3) is 3.82. The molecule has 0 radical (unpaired) electrons. The van der Waals surface area contributed by atoms with Gasteiger partial charge in [0, 0.05) is 11.5 Å². The molecule has 0 unspecified atom stereocenters. The van der Waals surface area contributed by atoms with E-state index in [2.05, 4.69) is 4.98 Å². The highest BCUT2D eigenvalue weighted by Crippen LogP contribution is 2.38. The minimum atomic E-state index is -4.58. The maximum atomic E-state index is 13.4. The van der Waals surface area contributed by atoms with Crippen LogP contribution < -0.4 is 4.74 Å². The number of fused-ring (bicyclic) bond motifs is 1. The van der Waals surface area contributed by atoms with Crippen molar-refractivity contribution in [2.24, 2.45) is 0 Å². The van der Waals surface area contributed by atoms with Gasteiger partial charge in [-0.2, -0.15) is 13.2 Å². The van der Waals surface area contributed by atoms with Crippen molar-refractivity contribution >= 4 is 16.9 Å². The van der Waals surface area contributed by atoms with Gasteiger partial charge < -0.3 is 14.5 Å². The summed E-state index contributed by atoms with van der Waals surface area (Å²) in [6.45, 7) is 1.89. The molecule has 1 aromatic heterocycles. The Labute approximate surface area is 147 Å². The van der Waals surface area contributed by atoms with Gasteiger partial charge >= 0.3 is 12.1 Å². The normalized spacial score (nSPS) is 11.5. The summed E-state index contributed by atoms with van der Waals surface area (Å²) in [5.41, 5.74) is 0.0863. The van der Waals surface area contributed by atoms with Crippen molar-refractivity contribution in [3.8, 4) is 5.75 Å². The molecule has 7 heteroatoms. The number of H-pyrrole nitrogens is 1. The van der Waals surface area contributed by atoms with Crippen molar-refractivity contribution in [3.05, 3.63) is 65.4 Å². The molecule has 2 aromatic carbocycles. The van der Waals surface area contributed by atoms with Gasteiger partial charge in [-0.15, -0.1) is 0 Å². The number of ether oxygens (including phenoxy) is 2. The average Bonchev–Trinajstić information content (AvgIpc) is 3.03. The number of benzene rings is 2. The third-order valence-electron chi connectivity index (χ3n) is 3.76. The van der Waals surface area contributed by atoms with Gasteiger partial charge in [0.05, 0.1) is 17.7 Å². The summed E-state index contributed by atoms with van der Waals surface area (Å²) in [7, 11) is 0. The number of carbonyl (C=O) groups is 1. The zero-order valence-corrected chi connectivity index (χ0v) is 13.9. The van der Waals surface area contributed by atoms with E-state index in [0.717, 1.165) is 17.7 Å². The first-order valence-corrected chi connectivity index (χ1v) is 7.96. The number of halogens is 3. The highest BCUT2D eigenvalue weighted by Gasteiger charge is 2.34. The van der Waals surface area contributed by atoms with Gasteiger partial charge in [0.25, 0.3) is 0 Å². The van der Waals surface area contributed by atoms with Crippen LogP contribution in [0.3, 0.4) is 0 Å². The average molecular weight is 363 g/mol. The molecule has 0 bridgehead atoms. The van der Waals surface area contributed by atoms with Crippen LogP contribution in [0.25, 0.3) is 10.9 Å². The monoisotopic (exact) mass is 363 g/mol. The molecular formula is C19H16F3NO3. The predicted octanol–water partition coefficient (Wildman–Crippen LogP) is 4.94. The lowest BCUT2D eigenvalue weighted by molar-refractivity contribution is -0.136. The van der Waals surface area contributed by atoms with Crippen molar-refractivity contribution in [2.75, 3.05) is 6.61 Å². The Morgan fingerprint density at radius 1 is 1.12 bits per heavy atom. The number of hydrogen-bond donors (Lipinski definition) is 1. The van der Waals surface area contributed by atoms with Crippen molar-refractivity contribution in [1.82, 2.24) is 4.98 Å². The summed E-state index contributed by atoms with van der Waals surface area (Å²) in [6, 6.07) is 12.6. The van der Waals surface area contributed by atoms with E-state index >= 15 is 0 Å². The van der Waals surface area contributed by atoms with Crippen LogP contribution in [0, 0.1) is 0 Å². The number of aromatic nitrogens is 1. The second kappa shape index (κ2) is 7.11. The van der Waals surface area contributed by atoms with Gasteiger partial charge in [-0.05, 0) is 24.6 Å². The first-order valence-electron chi connectivity index (χ1n) is 7.96. The van der Waals surface area contributed by atoms with E-state index in [9.17, 15) is 18.0 Å². The Kier molecular flexibility index (Phi) is 4.88. The van der Waals surface area contributed by atoms with E-state index in [1.807, 2.05) is 30.3 Å². The van der Waals surface area contributed by atoms with E-state index in [-0.39, 0.29) is 35.6 Å². The van der Waals surface area contributed by atoms with Crippen molar-refractivity contribution in [3.63, 3.8) is 0 Å². The van der Waals surface area contributed by atoms with Gasteiger partial charge in [0.15, 0.2) is 0 Å². The summed E-state index contributed by atoms with van der Waals surface area (Å²) < 4.78 is 50.7. The van der Waals surface area contributed by atoms with Crippen LogP contribution in [0.1, 0.15) is 28.5 Å². The maximum Gasteiger partial charge on any atom is 0.417 e. The van der Waals surface area contributed by atoms with Gasteiger partial charge in [0.1, 0.15) is 18.1 Å². The summed E-state index contributed by atoms with van der Waals surface area (Å²) in [6.07, 6.45) is -4.58. The minimum Gasteiger partial charge on any atom is -0.489 e. The summed E-state index contributed by atoms with van der Waals surface area (Å²) in [5.74, 6) is -0.644. The lowest BCUT2D eigenvalue weighted by Gasteiger charge is -2.12. The van der Waals surface area contributed by atoms with Crippen molar-refractivity contribution < 1.29 is 27.4 Å². The van der Waals surface area contributed by atoms with Crippen LogP contribution in [0.2, 0.25) is 0 Å². The summed E-state index contributed by atoms with van der Waals surface area (Å²) >= 11 is 0. The molecule has 3 aromatic rings. The molecule has 0 amide bonds. The highest BCUT2D eigenvalue weighted by molar-refractivity contribution is 5.96. The Hall–Kier alpha value is -2.96. The van der Waals surface area contributed by atoms with E-state index in [1.54, 1.807) is 6.92 Å². The van der Waals surface area contributed by atoms with Gasteiger partial charge in [-0.25, -0.2) is 4.79 Å². The van der Waals surface area contributed by atoms with Crippen molar-refractivity contribution in [2.45, 2.75) is 19.7 Å². The predicted molar refractivity (Wildman–Crippen MR) is 90.0 cm³/mol. The van der Waals surface area contributed by atoms with Crippen LogP contribution >= 0.6 is 0 Å². The second-order valence-electron chi connectivity index (χ2n) is 5.61. The number of aromatic amines is 1. The Balaban J connectivity index is 1.98. The van der Waals surface area contributed by atoms with Gasteiger partial charge in [-0.1, -0.05) is 30.3 Å².